The predicted molar refractivity (Wildman–Crippen MR) is 113 cm³/mol. The first-order valence-electron chi connectivity index (χ1n) is 9.69. The molecule has 0 fully saturated rings. The van der Waals surface area contributed by atoms with Crippen LogP contribution in [0.25, 0.3) is 0 Å². The fraction of sp³-hybridized carbons (Fsp3) is 0.286. The van der Waals surface area contributed by atoms with E-state index < -0.39 is 35.0 Å². The molecule has 2 atom stereocenters. The summed E-state index contributed by atoms with van der Waals surface area (Å²) in [6, 6.07) is 13.4. The number of carbonyl (C=O) groups excluding carboxylic acids is 3. The second-order valence-corrected chi connectivity index (χ2v) is 6.95. The number of ether oxygens (including phenoxy) is 1. The van der Waals surface area contributed by atoms with Gasteiger partial charge in [-0.1, -0.05) is 42.5 Å². The van der Waals surface area contributed by atoms with Gasteiger partial charge in [-0.15, -0.1) is 0 Å². The number of carbonyl (C=O) groups is 3. The smallest absolute Gasteiger partial charge is 0.407 e. The molecule has 0 aliphatic rings. The number of amides is 3. The standard InChI is InChI=1S/C21H24N4O7/c22-20(28)18(10-14-6-8-16(9-7-14)25(30)31)24-19(27)11-17(26)12-23-21(29)32-13-15-4-2-1-3-5-15/h1-9,17-18,26H,10-13H2,(H2,22,28)(H,23,29)(H,24,27)/t17-,18-/m0/s1. The van der Waals surface area contributed by atoms with Crippen molar-refractivity contribution in [2.75, 3.05) is 6.54 Å². The Bertz CT molecular complexity index is 935. The second-order valence-electron chi connectivity index (χ2n) is 6.95. The van der Waals surface area contributed by atoms with E-state index in [4.69, 9.17) is 10.5 Å². The molecule has 5 N–H and O–H groups in total. The van der Waals surface area contributed by atoms with Gasteiger partial charge in [0.15, 0.2) is 0 Å². The van der Waals surface area contributed by atoms with Gasteiger partial charge in [-0.25, -0.2) is 4.79 Å². The highest BCUT2D eigenvalue weighted by Gasteiger charge is 2.21. The minimum absolute atomic E-state index is 0.0270. The van der Waals surface area contributed by atoms with Crippen LogP contribution < -0.4 is 16.4 Å². The first-order valence-corrected chi connectivity index (χ1v) is 9.69. The fourth-order valence-electron chi connectivity index (χ4n) is 2.73. The molecule has 170 valence electrons. The number of nitro benzene ring substituents is 1. The number of aliphatic hydroxyl groups excluding tert-OH is 1. The fourth-order valence-corrected chi connectivity index (χ4v) is 2.73. The van der Waals surface area contributed by atoms with E-state index >= 15 is 0 Å². The Balaban J connectivity index is 1.76. The molecular formula is C21H24N4O7. The zero-order valence-corrected chi connectivity index (χ0v) is 17.1. The van der Waals surface area contributed by atoms with E-state index in [1.54, 1.807) is 24.3 Å². The van der Waals surface area contributed by atoms with Crippen molar-refractivity contribution < 1.29 is 29.2 Å². The molecule has 0 radical (unpaired) electrons. The van der Waals surface area contributed by atoms with Crippen LogP contribution in [0.1, 0.15) is 17.5 Å². The van der Waals surface area contributed by atoms with Crippen molar-refractivity contribution in [2.45, 2.75) is 31.6 Å². The van der Waals surface area contributed by atoms with Gasteiger partial charge < -0.3 is 26.2 Å². The van der Waals surface area contributed by atoms with Crippen LogP contribution in [0.3, 0.4) is 0 Å². The van der Waals surface area contributed by atoms with Crippen molar-refractivity contribution in [2.24, 2.45) is 5.73 Å². The summed E-state index contributed by atoms with van der Waals surface area (Å²) in [7, 11) is 0. The Labute approximate surface area is 183 Å². The normalized spacial score (nSPS) is 12.3. The van der Waals surface area contributed by atoms with Crippen molar-refractivity contribution in [1.82, 2.24) is 10.6 Å². The Kier molecular flexibility index (Phi) is 9.11. The van der Waals surface area contributed by atoms with Crippen molar-refractivity contribution in [3.05, 3.63) is 75.8 Å². The van der Waals surface area contributed by atoms with Crippen LogP contribution in [0.15, 0.2) is 54.6 Å². The van der Waals surface area contributed by atoms with Crippen LogP contribution in [-0.2, 0) is 27.4 Å². The summed E-state index contributed by atoms with van der Waals surface area (Å²) in [5.41, 5.74) is 6.58. The van der Waals surface area contributed by atoms with Gasteiger partial charge in [0, 0.05) is 25.1 Å². The van der Waals surface area contributed by atoms with Crippen molar-refractivity contribution in [1.29, 1.82) is 0 Å². The molecule has 11 nitrogen and oxygen atoms in total. The molecule has 2 aromatic rings. The molecule has 0 spiro atoms. The summed E-state index contributed by atoms with van der Waals surface area (Å²) in [4.78, 5) is 45.7. The first kappa shape index (κ1) is 24.3. The molecule has 11 heteroatoms. The Morgan fingerprint density at radius 2 is 1.72 bits per heavy atom. The number of alkyl carbamates (subject to hydrolysis) is 1. The van der Waals surface area contributed by atoms with Gasteiger partial charge in [0.25, 0.3) is 5.69 Å². The molecule has 0 aromatic heterocycles. The van der Waals surface area contributed by atoms with Crippen LogP contribution in [0, 0.1) is 10.1 Å². The Hall–Kier alpha value is -3.99. The summed E-state index contributed by atoms with van der Waals surface area (Å²) in [5, 5.41) is 25.4. The summed E-state index contributed by atoms with van der Waals surface area (Å²) in [6.07, 6.45) is -2.32. The Morgan fingerprint density at radius 1 is 1.06 bits per heavy atom. The van der Waals surface area contributed by atoms with Crippen LogP contribution in [0.2, 0.25) is 0 Å². The highest BCUT2D eigenvalue weighted by molar-refractivity contribution is 5.87. The lowest BCUT2D eigenvalue weighted by atomic mass is 10.0. The summed E-state index contributed by atoms with van der Waals surface area (Å²) < 4.78 is 5.00. The number of hydrogen-bond acceptors (Lipinski definition) is 7. The largest absolute Gasteiger partial charge is 0.445 e. The number of primary amides is 1. The van der Waals surface area contributed by atoms with E-state index in [1.165, 1.54) is 24.3 Å². The van der Waals surface area contributed by atoms with Crippen LogP contribution in [0.5, 0.6) is 0 Å². The number of nitrogens with one attached hydrogen (secondary N) is 2. The number of aliphatic hydroxyl groups is 1. The third-order valence-corrected chi connectivity index (χ3v) is 4.38. The molecule has 2 aromatic carbocycles. The molecule has 0 aliphatic heterocycles. The lowest BCUT2D eigenvalue weighted by Gasteiger charge is -2.17. The average molecular weight is 444 g/mol. The van der Waals surface area contributed by atoms with E-state index in [0.29, 0.717) is 5.56 Å². The maximum atomic E-state index is 12.1. The van der Waals surface area contributed by atoms with Gasteiger partial charge in [0.2, 0.25) is 11.8 Å². The minimum Gasteiger partial charge on any atom is -0.445 e. The van der Waals surface area contributed by atoms with Gasteiger partial charge in [-0.2, -0.15) is 0 Å². The molecule has 2 rings (SSSR count). The monoisotopic (exact) mass is 444 g/mol. The maximum absolute atomic E-state index is 12.1. The van der Waals surface area contributed by atoms with Gasteiger partial charge in [-0.3, -0.25) is 19.7 Å². The summed E-state index contributed by atoms with van der Waals surface area (Å²) >= 11 is 0. The average Bonchev–Trinajstić information content (AvgIpc) is 2.76. The minimum atomic E-state index is -1.22. The van der Waals surface area contributed by atoms with Crippen LogP contribution in [0.4, 0.5) is 10.5 Å². The van der Waals surface area contributed by atoms with E-state index in [0.717, 1.165) is 5.56 Å². The second kappa shape index (κ2) is 12.0. The molecule has 3 amide bonds. The first-order chi connectivity index (χ1) is 15.2. The van der Waals surface area contributed by atoms with Gasteiger partial charge in [-0.05, 0) is 11.1 Å². The highest BCUT2D eigenvalue weighted by Crippen LogP contribution is 2.13. The zero-order chi connectivity index (χ0) is 23.5. The van der Waals surface area contributed by atoms with Gasteiger partial charge >= 0.3 is 6.09 Å². The Morgan fingerprint density at radius 3 is 2.31 bits per heavy atom. The number of non-ortho nitro benzene ring substituents is 1. The molecule has 0 heterocycles. The molecule has 32 heavy (non-hydrogen) atoms. The number of nitro groups is 1. The third kappa shape index (κ3) is 8.40. The number of benzene rings is 2. The van der Waals surface area contributed by atoms with E-state index in [9.17, 15) is 29.6 Å². The third-order valence-electron chi connectivity index (χ3n) is 4.38. The summed E-state index contributed by atoms with van der Waals surface area (Å²) in [5.74, 6) is -1.45. The molecule has 0 aliphatic carbocycles. The maximum Gasteiger partial charge on any atom is 0.407 e. The predicted octanol–water partition coefficient (Wildman–Crippen LogP) is 0.785. The molecular weight excluding hydrogens is 420 g/mol. The topological polar surface area (TPSA) is 174 Å². The van der Waals surface area contributed by atoms with Crippen LogP contribution >= 0.6 is 0 Å². The van der Waals surface area contributed by atoms with Gasteiger partial charge in [0.1, 0.15) is 12.6 Å². The number of nitrogens with two attached hydrogens (primary N) is 1. The van der Waals surface area contributed by atoms with Crippen molar-refractivity contribution in [3.8, 4) is 0 Å². The molecule has 0 saturated carbocycles. The number of rotatable bonds is 11. The van der Waals surface area contributed by atoms with Crippen molar-refractivity contribution in [3.63, 3.8) is 0 Å². The van der Waals surface area contributed by atoms with Gasteiger partial charge in [0.05, 0.1) is 17.4 Å². The number of nitrogens with zero attached hydrogens (tertiary/aromatic N) is 1. The molecule has 0 saturated heterocycles. The number of hydrogen-bond donors (Lipinski definition) is 4. The lowest BCUT2D eigenvalue weighted by Crippen LogP contribution is -2.47. The zero-order valence-electron chi connectivity index (χ0n) is 17.1. The SMILES string of the molecule is NC(=O)[C@H](Cc1ccc([N+](=O)[O-])cc1)NC(=O)C[C@H](O)CNC(=O)OCc1ccccc1. The molecule has 0 unspecified atom stereocenters. The highest BCUT2D eigenvalue weighted by atomic mass is 16.6. The van der Waals surface area contributed by atoms with E-state index in [-0.39, 0.29) is 31.7 Å². The quantitative estimate of drug-likeness (QED) is 0.293. The van der Waals surface area contributed by atoms with Crippen LogP contribution in [-0.4, -0.2) is 46.6 Å². The summed E-state index contributed by atoms with van der Waals surface area (Å²) in [6.45, 7) is -0.170. The van der Waals surface area contributed by atoms with Crippen molar-refractivity contribution >= 4 is 23.6 Å². The van der Waals surface area contributed by atoms with E-state index in [2.05, 4.69) is 10.6 Å². The molecule has 0 bridgehead atoms. The lowest BCUT2D eigenvalue weighted by molar-refractivity contribution is -0.384. The van der Waals surface area contributed by atoms with E-state index in [1.807, 2.05) is 6.07 Å².